The Morgan fingerprint density at radius 2 is 2.22 bits per heavy atom. The average Bonchev–Trinajstić information content (AvgIpc) is 2.33. The number of rotatable bonds is 6. The second-order valence-corrected chi connectivity index (χ2v) is 3.83. The molecule has 0 radical (unpaired) electrons. The van der Waals surface area contributed by atoms with Crippen molar-refractivity contribution in [3.05, 3.63) is 35.4 Å². The van der Waals surface area contributed by atoms with Crippen molar-refractivity contribution in [3.8, 4) is 0 Å². The van der Waals surface area contributed by atoms with E-state index in [1.54, 1.807) is 0 Å². The molecule has 4 nitrogen and oxygen atoms in total. The summed E-state index contributed by atoms with van der Waals surface area (Å²) in [5, 5.41) is 2.55. The molecule has 1 aromatic carbocycles. The minimum atomic E-state index is -0.766. The van der Waals surface area contributed by atoms with E-state index < -0.39 is 17.5 Å². The molecule has 0 fully saturated rings. The van der Waals surface area contributed by atoms with Gasteiger partial charge >= 0.3 is 0 Å². The highest BCUT2D eigenvalue weighted by molar-refractivity contribution is 5.94. The molecule has 1 rings (SSSR count). The van der Waals surface area contributed by atoms with Crippen LogP contribution in [0.4, 0.5) is 8.78 Å². The van der Waals surface area contributed by atoms with E-state index >= 15 is 0 Å². The van der Waals surface area contributed by atoms with Crippen molar-refractivity contribution in [1.29, 1.82) is 0 Å². The lowest BCUT2D eigenvalue weighted by molar-refractivity contribution is 0.0889. The summed E-state index contributed by atoms with van der Waals surface area (Å²) in [4.78, 5) is 11.8. The summed E-state index contributed by atoms with van der Waals surface area (Å²) in [6.07, 6.45) is 0.497. The predicted octanol–water partition coefficient (Wildman–Crippen LogP) is 1.06. The van der Waals surface area contributed by atoms with E-state index in [4.69, 9.17) is 10.5 Å². The molecule has 1 amide bonds. The highest BCUT2D eigenvalue weighted by Crippen LogP contribution is 2.10. The molecule has 100 valence electrons. The molecule has 0 aliphatic rings. The molecule has 18 heavy (non-hydrogen) atoms. The third-order valence-corrected chi connectivity index (χ3v) is 2.39. The SMILES string of the molecule is COCC(CCN)NC(=O)c1cc(F)ccc1F. The molecule has 3 N–H and O–H groups in total. The Morgan fingerprint density at radius 3 is 2.83 bits per heavy atom. The number of hydrogen-bond donors (Lipinski definition) is 2. The smallest absolute Gasteiger partial charge is 0.254 e. The molecule has 0 heterocycles. The van der Waals surface area contributed by atoms with Crippen LogP contribution < -0.4 is 11.1 Å². The molecule has 1 atom stereocenters. The molecule has 0 aliphatic heterocycles. The Labute approximate surface area is 104 Å². The van der Waals surface area contributed by atoms with Gasteiger partial charge in [-0.2, -0.15) is 0 Å². The second-order valence-electron chi connectivity index (χ2n) is 3.83. The number of halogens is 2. The number of hydrogen-bond acceptors (Lipinski definition) is 3. The van der Waals surface area contributed by atoms with Crippen molar-refractivity contribution >= 4 is 5.91 Å². The molecule has 0 saturated heterocycles. The van der Waals surface area contributed by atoms with E-state index in [0.717, 1.165) is 18.2 Å². The first kappa shape index (κ1) is 14.5. The third-order valence-electron chi connectivity index (χ3n) is 2.39. The fraction of sp³-hybridized carbons (Fsp3) is 0.417. The van der Waals surface area contributed by atoms with Gasteiger partial charge in [0.2, 0.25) is 0 Å². The molecule has 0 spiro atoms. The van der Waals surface area contributed by atoms with Crippen LogP contribution in [0.15, 0.2) is 18.2 Å². The molecule has 0 saturated carbocycles. The van der Waals surface area contributed by atoms with Gasteiger partial charge in [0.05, 0.1) is 18.2 Å². The first-order valence-corrected chi connectivity index (χ1v) is 5.53. The second kappa shape index (κ2) is 7.03. The summed E-state index contributed by atoms with van der Waals surface area (Å²) in [5.74, 6) is -2.11. The topological polar surface area (TPSA) is 64.3 Å². The first-order valence-electron chi connectivity index (χ1n) is 5.53. The van der Waals surface area contributed by atoms with Gasteiger partial charge in [0, 0.05) is 7.11 Å². The number of ether oxygens (including phenoxy) is 1. The molecule has 6 heteroatoms. The summed E-state index contributed by atoms with van der Waals surface area (Å²) in [7, 11) is 1.48. The Bertz CT molecular complexity index is 407. The number of methoxy groups -OCH3 is 1. The van der Waals surface area contributed by atoms with Crippen LogP contribution in [0.3, 0.4) is 0 Å². The third kappa shape index (κ3) is 4.05. The van der Waals surface area contributed by atoms with Crippen molar-refractivity contribution in [2.45, 2.75) is 12.5 Å². The number of carbonyl (C=O) groups is 1. The monoisotopic (exact) mass is 258 g/mol. The molecule has 0 aliphatic carbocycles. The maximum atomic E-state index is 13.4. The van der Waals surface area contributed by atoms with Gasteiger partial charge in [0.1, 0.15) is 11.6 Å². The lowest BCUT2D eigenvalue weighted by Gasteiger charge is -2.17. The highest BCUT2D eigenvalue weighted by atomic mass is 19.1. The molecular formula is C12H16F2N2O2. The van der Waals surface area contributed by atoms with Crippen molar-refractivity contribution in [2.75, 3.05) is 20.3 Å². The van der Waals surface area contributed by atoms with Gasteiger partial charge in [-0.25, -0.2) is 8.78 Å². The fourth-order valence-corrected chi connectivity index (χ4v) is 1.53. The number of nitrogens with two attached hydrogens (primary N) is 1. The normalized spacial score (nSPS) is 12.2. The minimum Gasteiger partial charge on any atom is -0.383 e. The Kier molecular flexibility index (Phi) is 5.67. The van der Waals surface area contributed by atoms with Crippen LogP contribution in [0.1, 0.15) is 16.8 Å². The van der Waals surface area contributed by atoms with Crippen LogP contribution in [0, 0.1) is 11.6 Å². The van der Waals surface area contributed by atoms with Gasteiger partial charge in [0.15, 0.2) is 0 Å². The molecule has 1 aromatic rings. The zero-order chi connectivity index (χ0) is 13.5. The van der Waals surface area contributed by atoms with Gasteiger partial charge in [-0.3, -0.25) is 4.79 Å². The fourth-order valence-electron chi connectivity index (χ4n) is 1.53. The Hall–Kier alpha value is -1.53. The van der Waals surface area contributed by atoms with Crippen molar-refractivity contribution in [3.63, 3.8) is 0 Å². The molecule has 0 bridgehead atoms. The van der Waals surface area contributed by atoms with Crippen LogP contribution in [0.2, 0.25) is 0 Å². The lowest BCUT2D eigenvalue weighted by atomic mass is 10.1. The van der Waals surface area contributed by atoms with Crippen LogP contribution in [-0.2, 0) is 4.74 Å². The summed E-state index contributed by atoms with van der Waals surface area (Å²) in [6, 6.07) is 2.41. The van der Waals surface area contributed by atoms with E-state index in [1.807, 2.05) is 0 Å². The maximum absolute atomic E-state index is 13.4. The van der Waals surface area contributed by atoms with Gasteiger partial charge < -0.3 is 15.8 Å². The summed E-state index contributed by atoms with van der Waals surface area (Å²) in [6.45, 7) is 0.625. The quantitative estimate of drug-likeness (QED) is 0.802. The number of amides is 1. The largest absolute Gasteiger partial charge is 0.383 e. The standard InChI is InChI=1S/C12H16F2N2O2/c1-18-7-9(4-5-15)16-12(17)10-6-8(13)2-3-11(10)14/h2-3,6,9H,4-5,7,15H2,1H3,(H,16,17). The maximum Gasteiger partial charge on any atom is 0.254 e. The molecular weight excluding hydrogens is 242 g/mol. The van der Waals surface area contributed by atoms with E-state index in [0.29, 0.717) is 13.0 Å². The van der Waals surface area contributed by atoms with E-state index in [1.165, 1.54) is 7.11 Å². The van der Waals surface area contributed by atoms with Crippen molar-refractivity contribution < 1.29 is 18.3 Å². The summed E-state index contributed by atoms with van der Waals surface area (Å²) < 4.78 is 31.2. The minimum absolute atomic E-state index is 0.264. The summed E-state index contributed by atoms with van der Waals surface area (Å²) in [5.41, 5.74) is 5.06. The number of benzene rings is 1. The number of nitrogens with one attached hydrogen (secondary N) is 1. The number of carbonyl (C=O) groups excluding carboxylic acids is 1. The van der Waals surface area contributed by atoms with Crippen LogP contribution in [0.25, 0.3) is 0 Å². The van der Waals surface area contributed by atoms with Crippen molar-refractivity contribution in [2.24, 2.45) is 5.73 Å². The van der Waals surface area contributed by atoms with Crippen molar-refractivity contribution in [1.82, 2.24) is 5.32 Å². The van der Waals surface area contributed by atoms with Crippen LogP contribution >= 0.6 is 0 Å². The van der Waals surface area contributed by atoms with Gasteiger partial charge in [-0.15, -0.1) is 0 Å². The van der Waals surface area contributed by atoms with Gasteiger partial charge in [0.25, 0.3) is 5.91 Å². The molecule has 1 unspecified atom stereocenters. The Morgan fingerprint density at radius 1 is 1.50 bits per heavy atom. The van der Waals surface area contributed by atoms with Gasteiger partial charge in [-0.1, -0.05) is 0 Å². The molecule has 0 aromatic heterocycles. The zero-order valence-electron chi connectivity index (χ0n) is 10.1. The van der Waals surface area contributed by atoms with E-state index in [9.17, 15) is 13.6 Å². The first-order chi connectivity index (χ1) is 8.58. The summed E-state index contributed by atoms with van der Waals surface area (Å²) >= 11 is 0. The predicted molar refractivity (Wildman–Crippen MR) is 63.2 cm³/mol. The van der Waals surface area contributed by atoms with E-state index in [-0.39, 0.29) is 18.2 Å². The van der Waals surface area contributed by atoms with Gasteiger partial charge in [-0.05, 0) is 31.2 Å². The van der Waals surface area contributed by atoms with E-state index in [2.05, 4.69) is 5.32 Å². The van der Waals surface area contributed by atoms with Crippen LogP contribution in [0.5, 0.6) is 0 Å². The zero-order valence-corrected chi connectivity index (χ0v) is 10.1. The average molecular weight is 258 g/mol. The lowest BCUT2D eigenvalue weighted by Crippen LogP contribution is -2.39. The highest BCUT2D eigenvalue weighted by Gasteiger charge is 2.16. The van der Waals surface area contributed by atoms with Crippen LogP contribution in [-0.4, -0.2) is 32.2 Å². The Balaban J connectivity index is 2.76.